The third kappa shape index (κ3) is 6.20. The second-order valence-corrected chi connectivity index (χ2v) is 9.85. The fraction of sp³-hybridized carbons (Fsp3) is 0.720. The topological polar surface area (TPSA) is 77.4 Å². The number of aryl methyl sites for hydroxylation is 1. The quantitative estimate of drug-likeness (QED) is 0.623. The molecule has 6 heteroatoms. The fourth-order valence-corrected chi connectivity index (χ4v) is 4.54. The van der Waals surface area contributed by atoms with Gasteiger partial charge in [0.1, 0.15) is 11.6 Å². The highest BCUT2D eigenvalue weighted by Gasteiger charge is 2.34. The van der Waals surface area contributed by atoms with Gasteiger partial charge < -0.3 is 14.6 Å². The number of hydrogen-bond donors (Lipinski definition) is 1. The van der Waals surface area contributed by atoms with E-state index in [0.717, 1.165) is 43.4 Å². The molecule has 1 aromatic heterocycles. The summed E-state index contributed by atoms with van der Waals surface area (Å²) in [5.41, 5.74) is 1.41. The largest absolute Gasteiger partial charge is 0.467 e. The second kappa shape index (κ2) is 11.0. The van der Waals surface area contributed by atoms with Gasteiger partial charge >= 0.3 is 5.97 Å². The number of nitrogens with zero attached hydrogens (tertiary/aromatic N) is 1. The minimum Gasteiger partial charge on any atom is -0.467 e. The predicted octanol–water partition coefficient (Wildman–Crippen LogP) is 4.26. The summed E-state index contributed by atoms with van der Waals surface area (Å²) in [5.74, 6) is -0.547. The molecule has 1 heterocycles. The molecule has 0 radical (unpaired) electrons. The molecule has 31 heavy (non-hydrogen) atoms. The van der Waals surface area contributed by atoms with Gasteiger partial charge in [0.15, 0.2) is 0 Å². The van der Waals surface area contributed by atoms with E-state index >= 15 is 0 Å². The maximum atomic E-state index is 13.5. The second-order valence-electron chi connectivity index (χ2n) is 9.85. The van der Waals surface area contributed by atoms with Gasteiger partial charge in [0, 0.05) is 12.2 Å². The molecule has 1 fully saturated rings. The zero-order valence-corrected chi connectivity index (χ0v) is 20.2. The summed E-state index contributed by atoms with van der Waals surface area (Å²) in [6.07, 6.45) is 8.44. The monoisotopic (exact) mass is 432 g/mol. The minimum atomic E-state index is -0.836. The smallest absolute Gasteiger partial charge is 0.328 e. The summed E-state index contributed by atoms with van der Waals surface area (Å²) in [6.45, 7) is 10.4. The van der Waals surface area contributed by atoms with Crippen molar-refractivity contribution in [3.8, 4) is 0 Å². The van der Waals surface area contributed by atoms with E-state index in [2.05, 4.69) is 19.2 Å². The highest BCUT2D eigenvalue weighted by atomic mass is 16.5. The molecule has 1 unspecified atom stereocenters. The van der Waals surface area contributed by atoms with Gasteiger partial charge in [0.25, 0.3) is 11.5 Å². The van der Waals surface area contributed by atoms with E-state index in [-0.39, 0.29) is 11.1 Å². The highest BCUT2D eigenvalue weighted by molar-refractivity contribution is 5.96. The SMILES string of the molecule is CCCc1c(CC)cc(C(=O)NC(C(=O)OC)C(C)(C)C)c(=O)n1CC1CCCCC1. The summed E-state index contributed by atoms with van der Waals surface area (Å²) >= 11 is 0. The molecule has 174 valence electrons. The molecular weight excluding hydrogens is 392 g/mol. The summed E-state index contributed by atoms with van der Waals surface area (Å²) in [4.78, 5) is 39.0. The van der Waals surface area contributed by atoms with Crippen LogP contribution in [0.25, 0.3) is 0 Å². The average molecular weight is 433 g/mol. The van der Waals surface area contributed by atoms with Crippen molar-refractivity contribution in [3.05, 3.63) is 33.2 Å². The number of pyridine rings is 1. The van der Waals surface area contributed by atoms with Crippen LogP contribution in [-0.4, -0.2) is 29.6 Å². The number of hydrogen-bond acceptors (Lipinski definition) is 4. The van der Waals surface area contributed by atoms with Crippen molar-refractivity contribution in [3.63, 3.8) is 0 Å². The van der Waals surface area contributed by atoms with Gasteiger partial charge in [0.2, 0.25) is 0 Å². The zero-order chi connectivity index (χ0) is 23.2. The van der Waals surface area contributed by atoms with Crippen molar-refractivity contribution in [1.82, 2.24) is 9.88 Å². The Bertz CT molecular complexity index is 829. The number of amides is 1. The number of rotatable bonds is 8. The van der Waals surface area contributed by atoms with E-state index in [1.54, 1.807) is 6.07 Å². The van der Waals surface area contributed by atoms with E-state index in [0.29, 0.717) is 12.5 Å². The van der Waals surface area contributed by atoms with Crippen LogP contribution in [0.3, 0.4) is 0 Å². The summed E-state index contributed by atoms with van der Waals surface area (Å²) < 4.78 is 6.75. The standard InChI is InChI=1S/C25H40N2O4/c1-7-12-20-18(8-2)15-19(22(28)26-21(24(30)31-6)25(3,4)5)23(29)27(20)16-17-13-10-9-11-14-17/h15,17,21H,7-14,16H2,1-6H3,(H,26,28). The molecule has 2 rings (SSSR count). The Morgan fingerprint density at radius 1 is 1.19 bits per heavy atom. The molecule has 0 spiro atoms. The first-order valence-electron chi connectivity index (χ1n) is 11.8. The Morgan fingerprint density at radius 2 is 1.84 bits per heavy atom. The lowest BCUT2D eigenvalue weighted by Crippen LogP contribution is -2.51. The van der Waals surface area contributed by atoms with Crippen molar-refractivity contribution in [1.29, 1.82) is 0 Å². The van der Waals surface area contributed by atoms with Crippen LogP contribution in [0.2, 0.25) is 0 Å². The molecule has 6 nitrogen and oxygen atoms in total. The molecule has 1 saturated carbocycles. The molecule has 1 aromatic rings. The molecule has 0 aromatic carbocycles. The van der Waals surface area contributed by atoms with Crippen LogP contribution < -0.4 is 10.9 Å². The van der Waals surface area contributed by atoms with Gasteiger partial charge in [-0.1, -0.05) is 60.3 Å². The number of esters is 1. The molecule has 1 aliphatic carbocycles. The maximum Gasteiger partial charge on any atom is 0.328 e. The first-order valence-corrected chi connectivity index (χ1v) is 11.8. The highest BCUT2D eigenvalue weighted by Crippen LogP contribution is 2.26. The predicted molar refractivity (Wildman–Crippen MR) is 123 cm³/mol. The van der Waals surface area contributed by atoms with E-state index in [9.17, 15) is 14.4 Å². The van der Waals surface area contributed by atoms with Crippen molar-refractivity contribution in [2.24, 2.45) is 11.3 Å². The molecule has 1 aliphatic rings. The lowest BCUT2D eigenvalue weighted by molar-refractivity contribution is -0.145. The van der Waals surface area contributed by atoms with Crippen LogP contribution in [0, 0.1) is 11.3 Å². The van der Waals surface area contributed by atoms with Gasteiger partial charge in [-0.25, -0.2) is 4.79 Å². The number of ether oxygens (including phenoxy) is 1. The number of aromatic nitrogens is 1. The molecule has 1 amide bonds. The number of methoxy groups -OCH3 is 1. The Balaban J connectivity index is 2.48. The molecule has 0 saturated heterocycles. The van der Waals surface area contributed by atoms with Crippen LogP contribution in [0.15, 0.2) is 10.9 Å². The maximum absolute atomic E-state index is 13.5. The first-order chi connectivity index (χ1) is 14.6. The van der Waals surface area contributed by atoms with Crippen molar-refractivity contribution >= 4 is 11.9 Å². The molecule has 1 N–H and O–H groups in total. The summed E-state index contributed by atoms with van der Waals surface area (Å²) in [5, 5.41) is 2.77. The van der Waals surface area contributed by atoms with Gasteiger partial charge in [-0.2, -0.15) is 0 Å². The lowest BCUT2D eigenvalue weighted by Gasteiger charge is -2.29. The van der Waals surface area contributed by atoms with Crippen LogP contribution in [0.4, 0.5) is 0 Å². The van der Waals surface area contributed by atoms with Gasteiger partial charge in [-0.05, 0) is 48.6 Å². The van der Waals surface area contributed by atoms with Crippen molar-refractivity contribution < 1.29 is 14.3 Å². The number of nitrogens with one attached hydrogen (secondary N) is 1. The third-order valence-corrected chi connectivity index (χ3v) is 6.35. The zero-order valence-electron chi connectivity index (χ0n) is 20.2. The molecular formula is C25H40N2O4. The third-order valence-electron chi connectivity index (χ3n) is 6.35. The Labute approximate surface area is 186 Å². The van der Waals surface area contributed by atoms with E-state index < -0.39 is 23.3 Å². The average Bonchev–Trinajstić information content (AvgIpc) is 2.74. The van der Waals surface area contributed by atoms with Crippen molar-refractivity contribution in [2.45, 2.75) is 98.6 Å². The van der Waals surface area contributed by atoms with Gasteiger partial charge in [0.05, 0.1) is 7.11 Å². The molecule has 0 bridgehead atoms. The lowest BCUT2D eigenvalue weighted by atomic mass is 9.86. The van der Waals surface area contributed by atoms with E-state index in [4.69, 9.17) is 4.74 Å². The molecule has 1 atom stereocenters. The first kappa shape index (κ1) is 25.2. The van der Waals surface area contributed by atoms with Gasteiger partial charge in [-0.3, -0.25) is 9.59 Å². The fourth-order valence-electron chi connectivity index (χ4n) is 4.54. The number of carbonyl (C=O) groups is 2. The van der Waals surface area contributed by atoms with Crippen LogP contribution in [0.1, 0.15) is 94.8 Å². The van der Waals surface area contributed by atoms with Crippen LogP contribution in [0.5, 0.6) is 0 Å². The Hall–Kier alpha value is -2.11. The van der Waals surface area contributed by atoms with E-state index in [1.807, 2.05) is 25.3 Å². The summed E-state index contributed by atoms with van der Waals surface area (Å²) in [7, 11) is 1.30. The normalized spacial score (nSPS) is 16.1. The summed E-state index contributed by atoms with van der Waals surface area (Å²) in [6, 6.07) is 0.897. The van der Waals surface area contributed by atoms with Crippen LogP contribution >= 0.6 is 0 Å². The number of carbonyl (C=O) groups excluding carboxylic acids is 2. The Kier molecular flexibility index (Phi) is 8.90. The Morgan fingerprint density at radius 3 is 2.35 bits per heavy atom. The van der Waals surface area contributed by atoms with Gasteiger partial charge in [-0.15, -0.1) is 0 Å². The van der Waals surface area contributed by atoms with E-state index in [1.165, 1.54) is 26.4 Å². The van der Waals surface area contributed by atoms with Crippen molar-refractivity contribution in [2.75, 3.05) is 7.11 Å². The van der Waals surface area contributed by atoms with Crippen LogP contribution in [-0.2, 0) is 28.9 Å². The molecule has 0 aliphatic heterocycles. The minimum absolute atomic E-state index is 0.116.